The van der Waals surface area contributed by atoms with Crippen molar-refractivity contribution in [2.24, 2.45) is 0 Å². The first kappa shape index (κ1) is 18.1. The second kappa shape index (κ2) is 8.09. The van der Waals surface area contributed by atoms with E-state index in [1.54, 1.807) is 0 Å². The summed E-state index contributed by atoms with van der Waals surface area (Å²) in [7, 11) is 0. The summed E-state index contributed by atoms with van der Waals surface area (Å²) in [5, 5.41) is 4.22. The Morgan fingerprint density at radius 3 is 2.58 bits per heavy atom. The van der Waals surface area contributed by atoms with Gasteiger partial charge in [0, 0.05) is 17.1 Å². The third-order valence-corrected chi connectivity index (χ3v) is 4.69. The number of benzene rings is 2. The summed E-state index contributed by atoms with van der Waals surface area (Å²) < 4.78 is 5.46. The van der Waals surface area contributed by atoms with Crippen LogP contribution in [0.3, 0.4) is 0 Å². The van der Waals surface area contributed by atoms with Crippen LogP contribution in [-0.2, 0) is 17.6 Å². The second-order valence-electron chi connectivity index (χ2n) is 6.48. The molecule has 0 radical (unpaired) electrons. The number of carbonyl (C=O) groups is 1. The zero-order chi connectivity index (χ0) is 18.5. The normalized spacial score (nSPS) is 12.1. The number of carbonyl (C=O) groups excluding carboxylic acids is 1. The van der Waals surface area contributed by atoms with Gasteiger partial charge in [-0.05, 0) is 49.1 Å². The van der Waals surface area contributed by atoms with Crippen molar-refractivity contribution < 1.29 is 9.53 Å². The van der Waals surface area contributed by atoms with Crippen molar-refractivity contribution in [2.45, 2.75) is 39.7 Å². The SMILES string of the molecule is CCOc1ccc(C(C)NC(=O)Cc2c[nH]c3c(CC)cccc23)cc1. The first-order valence-electron chi connectivity index (χ1n) is 9.22. The van der Waals surface area contributed by atoms with Crippen LogP contribution in [0, 0.1) is 0 Å². The number of aromatic amines is 1. The first-order chi connectivity index (χ1) is 12.6. The third-order valence-electron chi connectivity index (χ3n) is 4.69. The maximum Gasteiger partial charge on any atom is 0.224 e. The van der Waals surface area contributed by atoms with Gasteiger partial charge in [0.25, 0.3) is 0 Å². The summed E-state index contributed by atoms with van der Waals surface area (Å²) in [4.78, 5) is 15.8. The molecule has 2 aromatic carbocycles. The van der Waals surface area contributed by atoms with Crippen LogP contribution in [0.2, 0.25) is 0 Å². The minimum atomic E-state index is -0.0467. The fourth-order valence-electron chi connectivity index (χ4n) is 3.28. The summed E-state index contributed by atoms with van der Waals surface area (Å²) in [6.07, 6.45) is 3.29. The van der Waals surface area contributed by atoms with Crippen LogP contribution in [-0.4, -0.2) is 17.5 Å². The Labute approximate surface area is 154 Å². The van der Waals surface area contributed by atoms with Gasteiger partial charge in [-0.25, -0.2) is 0 Å². The molecule has 4 heteroatoms. The molecule has 0 aliphatic rings. The third kappa shape index (κ3) is 3.90. The Kier molecular flexibility index (Phi) is 5.61. The maximum absolute atomic E-state index is 12.5. The van der Waals surface area contributed by atoms with Crippen molar-refractivity contribution in [1.82, 2.24) is 10.3 Å². The Morgan fingerprint density at radius 2 is 1.88 bits per heavy atom. The number of para-hydroxylation sites is 1. The van der Waals surface area contributed by atoms with Gasteiger partial charge in [0.05, 0.1) is 19.1 Å². The largest absolute Gasteiger partial charge is 0.494 e. The summed E-state index contributed by atoms with van der Waals surface area (Å²) in [6, 6.07) is 14.1. The maximum atomic E-state index is 12.5. The van der Waals surface area contributed by atoms with Crippen LogP contribution >= 0.6 is 0 Å². The van der Waals surface area contributed by atoms with E-state index in [-0.39, 0.29) is 11.9 Å². The second-order valence-corrected chi connectivity index (χ2v) is 6.48. The topological polar surface area (TPSA) is 54.1 Å². The van der Waals surface area contributed by atoms with Crippen LogP contribution in [0.5, 0.6) is 5.75 Å². The van der Waals surface area contributed by atoms with E-state index >= 15 is 0 Å². The molecule has 0 aliphatic heterocycles. The number of rotatable bonds is 7. The lowest BCUT2D eigenvalue weighted by atomic mass is 10.0. The quantitative estimate of drug-likeness (QED) is 0.657. The highest BCUT2D eigenvalue weighted by atomic mass is 16.5. The molecular weight excluding hydrogens is 324 g/mol. The molecule has 1 aromatic heterocycles. The number of H-pyrrole nitrogens is 1. The van der Waals surface area contributed by atoms with Gasteiger partial charge in [-0.3, -0.25) is 4.79 Å². The standard InChI is InChI=1S/C22H26N2O2/c1-4-16-7-6-8-20-18(14-23-22(16)20)13-21(25)24-15(3)17-9-11-19(12-10-17)26-5-2/h6-12,14-15,23H,4-5,13H2,1-3H3,(H,24,25). The van der Waals surface area contributed by atoms with Gasteiger partial charge in [-0.1, -0.05) is 37.3 Å². The number of aromatic nitrogens is 1. The molecule has 0 saturated heterocycles. The number of ether oxygens (including phenoxy) is 1. The lowest BCUT2D eigenvalue weighted by Gasteiger charge is -2.15. The molecule has 3 aromatic rings. The van der Waals surface area contributed by atoms with Gasteiger partial charge in [-0.2, -0.15) is 0 Å². The van der Waals surface area contributed by atoms with Crippen molar-refractivity contribution in [1.29, 1.82) is 0 Å². The molecule has 1 unspecified atom stereocenters. The molecule has 26 heavy (non-hydrogen) atoms. The summed E-state index contributed by atoms with van der Waals surface area (Å²) in [6.45, 7) is 6.75. The molecule has 1 atom stereocenters. The zero-order valence-electron chi connectivity index (χ0n) is 15.6. The van der Waals surface area contributed by atoms with E-state index in [0.717, 1.165) is 34.2 Å². The number of fused-ring (bicyclic) bond motifs is 1. The molecule has 1 amide bonds. The molecular formula is C22H26N2O2. The highest BCUT2D eigenvalue weighted by molar-refractivity contribution is 5.90. The number of hydrogen-bond acceptors (Lipinski definition) is 2. The van der Waals surface area contributed by atoms with Crippen molar-refractivity contribution >= 4 is 16.8 Å². The fraction of sp³-hybridized carbons (Fsp3) is 0.318. The average molecular weight is 350 g/mol. The van der Waals surface area contributed by atoms with Gasteiger partial charge in [0.1, 0.15) is 5.75 Å². The fourth-order valence-corrected chi connectivity index (χ4v) is 3.28. The lowest BCUT2D eigenvalue weighted by Crippen LogP contribution is -2.28. The predicted molar refractivity (Wildman–Crippen MR) is 106 cm³/mol. The number of nitrogens with one attached hydrogen (secondary N) is 2. The van der Waals surface area contributed by atoms with Gasteiger partial charge >= 0.3 is 0 Å². The summed E-state index contributed by atoms with van der Waals surface area (Å²) in [5.74, 6) is 0.870. The zero-order valence-corrected chi connectivity index (χ0v) is 15.6. The number of amides is 1. The molecule has 0 fully saturated rings. The first-order valence-corrected chi connectivity index (χ1v) is 9.22. The van der Waals surface area contributed by atoms with Crippen molar-refractivity contribution in [3.8, 4) is 5.75 Å². The van der Waals surface area contributed by atoms with Gasteiger partial charge < -0.3 is 15.0 Å². The van der Waals surface area contributed by atoms with Crippen LogP contribution in [0.15, 0.2) is 48.7 Å². The minimum Gasteiger partial charge on any atom is -0.494 e. The number of aryl methyl sites for hydroxylation is 1. The number of hydrogen-bond donors (Lipinski definition) is 2. The molecule has 0 aliphatic carbocycles. The molecule has 2 N–H and O–H groups in total. The minimum absolute atomic E-state index is 0.0224. The summed E-state index contributed by atoms with van der Waals surface area (Å²) >= 11 is 0. The van der Waals surface area contributed by atoms with E-state index in [2.05, 4.69) is 35.4 Å². The van der Waals surface area contributed by atoms with Crippen LogP contribution in [0.4, 0.5) is 0 Å². The highest BCUT2D eigenvalue weighted by Crippen LogP contribution is 2.23. The Bertz CT molecular complexity index is 881. The van der Waals surface area contributed by atoms with E-state index in [1.165, 1.54) is 5.56 Å². The van der Waals surface area contributed by atoms with Gasteiger partial charge in [-0.15, -0.1) is 0 Å². The van der Waals surface area contributed by atoms with E-state index < -0.39 is 0 Å². The predicted octanol–water partition coefficient (Wildman–Crippen LogP) is 4.55. The summed E-state index contributed by atoms with van der Waals surface area (Å²) in [5.41, 5.74) is 4.51. The highest BCUT2D eigenvalue weighted by Gasteiger charge is 2.13. The van der Waals surface area contributed by atoms with Crippen LogP contribution in [0.25, 0.3) is 10.9 Å². The molecule has 0 saturated carbocycles. The van der Waals surface area contributed by atoms with E-state index in [9.17, 15) is 4.79 Å². The Balaban J connectivity index is 1.67. The molecule has 0 bridgehead atoms. The lowest BCUT2D eigenvalue weighted by molar-refractivity contribution is -0.121. The Hall–Kier alpha value is -2.75. The van der Waals surface area contributed by atoms with E-state index in [0.29, 0.717) is 13.0 Å². The van der Waals surface area contributed by atoms with Crippen molar-refractivity contribution in [3.05, 3.63) is 65.4 Å². The van der Waals surface area contributed by atoms with Crippen LogP contribution in [0.1, 0.15) is 43.5 Å². The van der Waals surface area contributed by atoms with E-state index in [4.69, 9.17) is 4.74 Å². The molecule has 4 nitrogen and oxygen atoms in total. The Morgan fingerprint density at radius 1 is 1.12 bits per heavy atom. The smallest absolute Gasteiger partial charge is 0.224 e. The van der Waals surface area contributed by atoms with Gasteiger partial charge in [0.15, 0.2) is 0 Å². The van der Waals surface area contributed by atoms with Crippen molar-refractivity contribution in [3.63, 3.8) is 0 Å². The molecule has 0 spiro atoms. The molecule has 136 valence electrons. The average Bonchev–Trinajstić information content (AvgIpc) is 3.05. The molecule has 3 rings (SSSR count). The monoisotopic (exact) mass is 350 g/mol. The van der Waals surface area contributed by atoms with Crippen LogP contribution < -0.4 is 10.1 Å². The van der Waals surface area contributed by atoms with Gasteiger partial charge in [0.2, 0.25) is 5.91 Å². The van der Waals surface area contributed by atoms with E-state index in [1.807, 2.05) is 44.3 Å². The molecule has 1 heterocycles. The van der Waals surface area contributed by atoms with Crippen molar-refractivity contribution in [2.75, 3.05) is 6.61 Å².